The number of benzene rings is 1. The Kier molecular flexibility index (Phi) is 7.66. The first-order valence-electron chi connectivity index (χ1n) is 9.25. The summed E-state index contributed by atoms with van der Waals surface area (Å²) in [4.78, 5) is 53.0. The lowest BCUT2D eigenvalue weighted by molar-refractivity contribution is -0.198. The zero-order valence-corrected chi connectivity index (χ0v) is 17.8. The van der Waals surface area contributed by atoms with Crippen molar-refractivity contribution >= 4 is 35.6 Å². The van der Waals surface area contributed by atoms with Gasteiger partial charge in [-0.25, -0.2) is 9.59 Å². The van der Waals surface area contributed by atoms with Crippen LogP contribution in [0.2, 0.25) is 0 Å². The summed E-state index contributed by atoms with van der Waals surface area (Å²) in [7, 11) is 0. The van der Waals surface area contributed by atoms with Crippen LogP contribution in [0.5, 0.6) is 0 Å². The van der Waals surface area contributed by atoms with E-state index in [1.165, 1.54) is 11.8 Å². The molecule has 1 saturated heterocycles. The van der Waals surface area contributed by atoms with E-state index in [2.05, 4.69) is 5.32 Å². The van der Waals surface area contributed by atoms with E-state index in [9.17, 15) is 19.2 Å². The van der Waals surface area contributed by atoms with Crippen LogP contribution >= 0.6 is 11.8 Å². The molecule has 1 aromatic carbocycles. The summed E-state index contributed by atoms with van der Waals surface area (Å²) in [6.07, 6.45) is -0.786. The number of thioether (sulfide) groups is 1. The summed E-state index contributed by atoms with van der Waals surface area (Å²) in [6.45, 7) is 7.10. The highest BCUT2D eigenvalue weighted by Crippen LogP contribution is 2.17. The summed E-state index contributed by atoms with van der Waals surface area (Å²) < 4.78 is 5.19. The molecule has 1 fully saturated rings. The van der Waals surface area contributed by atoms with Crippen molar-refractivity contribution in [1.82, 2.24) is 10.4 Å². The first-order chi connectivity index (χ1) is 13.5. The van der Waals surface area contributed by atoms with Crippen molar-refractivity contribution in [3.8, 4) is 0 Å². The maximum absolute atomic E-state index is 12.5. The highest BCUT2D eigenvalue weighted by atomic mass is 32.2. The van der Waals surface area contributed by atoms with E-state index in [0.29, 0.717) is 10.8 Å². The van der Waals surface area contributed by atoms with Crippen molar-refractivity contribution in [3.63, 3.8) is 0 Å². The summed E-state index contributed by atoms with van der Waals surface area (Å²) in [5, 5.41) is 2.94. The molecule has 158 valence electrons. The Bertz CT molecular complexity index is 756. The lowest BCUT2D eigenvalue weighted by Crippen LogP contribution is -2.48. The Hall–Kier alpha value is -2.55. The Morgan fingerprint density at radius 3 is 2.28 bits per heavy atom. The van der Waals surface area contributed by atoms with Gasteiger partial charge in [-0.2, -0.15) is 11.8 Å². The maximum atomic E-state index is 12.5. The number of carbonyl (C=O) groups excluding carboxylic acids is 4. The van der Waals surface area contributed by atoms with Gasteiger partial charge in [0.15, 0.2) is 0 Å². The number of amides is 3. The molecule has 8 nitrogen and oxygen atoms in total. The van der Waals surface area contributed by atoms with Crippen LogP contribution in [0.1, 0.15) is 44.7 Å². The molecule has 1 atom stereocenters. The van der Waals surface area contributed by atoms with Crippen LogP contribution in [0.4, 0.5) is 4.79 Å². The van der Waals surface area contributed by atoms with Gasteiger partial charge in [-0.1, -0.05) is 29.8 Å². The van der Waals surface area contributed by atoms with Crippen molar-refractivity contribution in [1.29, 1.82) is 0 Å². The molecule has 1 aliphatic rings. The SMILES string of the molecule is Cc1ccc(CSCC(NC(=O)OC(C)(C)C)C(=O)ON2C(=O)CCC2=O)cc1. The molecular formula is C20H26N2O6S. The molecule has 0 saturated carbocycles. The van der Waals surface area contributed by atoms with Gasteiger partial charge in [0.25, 0.3) is 11.8 Å². The molecule has 0 spiro atoms. The number of hydrogen-bond donors (Lipinski definition) is 1. The fourth-order valence-corrected chi connectivity index (χ4v) is 3.41. The molecule has 9 heteroatoms. The molecule has 3 amide bonds. The smallest absolute Gasteiger partial charge is 0.408 e. The minimum absolute atomic E-state index is 0.00154. The van der Waals surface area contributed by atoms with Crippen molar-refractivity contribution in [2.45, 2.75) is 57.9 Å². The average molecular weight is 423 g/mol. The molecule has 29 heavy (non-hydrogen) atoms. The predicted octanol–water partition coefficient (Wildman–Crippen LogP) is 2.73. The summed E-state index contributed by atoms with van der Waals surface area (Å²) in [6, 6.07) is 6.87. The number of hydrogen-bond acceptors (Lipinski definition) is 7. The molecule has 0 radical (unpaired) electrons. The topological polar surface area (TPSA) is 102 Å². The van der Waals surface area contributed by atoms with E-state index in [0.717, 1.165) is 11.1 Å². The van der Waals surface area contributed by atoms with Gasteiger partial charge in [-0.3, -0.25) is 9.59 Å². The van der Waals surface area contributed by atoms with Crippen molar-refractivity contribution in [3.05, 3.63) is 35.4 Å². The normalized spacial score (nSPS) is 15.2. The molecule has 1 aliphatic heterocycles. The average Bonchev–Trinajstić information content (AvgIpc) is 2.93. The molecular weight excluding hydrogens is 396 g/mol. The fourth-order valence-electron chi connectivity index (χ4n) is 2.41. The van der Waals surface area contributed by atoms with Crippen LogP contribution in [0.15, 0.2) is 24.3 Å². The molecule has 1 aromatic rings. The maximum Gasteiger partial charge on any atom is 0.408 e. The minimum Gasteiger partial charge on any atom is -0.444 e. The van der Waals surface area contributed by atoms with Gasteiger partial charge in [-0.05, 0) is 33.3 Å². The van der Waals surface area contributed by atoms with Crippen LogP contribution in [0, 0.1) is 6.92 Å². The number of aryl methyl sites for hydroxylation is 1. The second kappa shape index (κ2) is 9.78. The lowest BCUT2D eigenvalue weighted by atomic mass is 10.2. The Morgan fingerprint density at radius 1 is 1.14 bits per heavy atom. The third-order valence-electron chi connectivity index (χ3n) is 3.84. The molecule has 1 unspecified atom stereocenters. The Labute approximate surface area is 174 Å². The van der Waals surface area contributed by atoms with Gasteiger partial charge < -0.3 is 14.9 Å². The standard InChI is InChI=1S/C20H26N2O6S/c1-13-5-7-14(8-6-13)11-29-12-15(21-19(26)27-20(2,3)4)18(25)28-22-16(23)9-10-17(22)24/h5-8,15H,9-12H2,1-4H3,(H,21,26). The number of ether oxygens (including phenoxy) is 1. The quantitative estimate of drug-likeness (QED) is 0.674. The number of imide groups is 1. The molecule has 1 N–H and O–H groups in total. The number of alkyl carbamates (subject to hydrolysis) is 1. The van der Waals surface area contributed by atoms with E-state index in [1.54, 1.807) is 20.8 Å². The highest BCUT2D eigenvalue weighted by molar-refractivity contribution is 7.98. The van der Waals surface area contributed by atoms with E-state index in [4.69, 9.17) is 9.57 Å². The number of hydroxylamine groups is 2. The largest absolute Gasteiger partial charge is 0.444 e. The molecule has 1 heterocycles. The molecule has 0 bridgehead atoms. The van der Waals surface area contributed by atoms with Gasteiger partial charge in [0.2, 0.25) is 0 Å². The van der Waals surface area contributed by atoms with Crippen LogP contribution < -0.4 is 5.32 Å². The van der Waals surface area contributed by atoms with Crippen molar-refractivity contribution in [2.75, 3.05) is 5.75 Å². The second-order valence-electron chi connectivity index (χ2n) is 7.69. The zero-order valence-electron chi connectivity index (χ0n) is 17.0. The Morgan fingerprint density at radius 2 is 1.72 bits per heavy atom. The summed E-state index contributed by atoms with van der Waals surface area (Å²) in [5.41, 5.74) is 1.47. The number of carbonyl (C=O) groups is 4. The van der Waals surface area contributed by atoms with Crippen molar-refractivity contribution < 1.29 is 28.8 Å². The third kappa shape index (κ3) is 7.41. The van der Waals surface area contributed by atoms with Gasteiger partial charge in [-0.15, -0.1) is 5.06 Å². The first-order valence-corrected chi connectivity index (χ1v) is 10.4. The van der Waals surface area contributed by atoms with Gasteiger partial charge in [0.1, 0.15) is 11.6 Å². The van der Waals surface area contributed by atoms with Crippen LogP contribution in [0.3, 0.4) is 0 Å². The molecule has 2 rings (SSSR count). The van der Waals surface area contributed by atoms with Crippen LogP contribution in [-0.4, -0.2) is 46.3 Å². The number of rotatable bonds is 7. The Balaban J connectivity index is 2.00. The molecule has 0 aliphatic carbocycles. The van der Waals surface area contributed by atoms with Crippen LogP contribution in [-0.2, 0) is 29.7 Å². The van der Waals surface area contributed by atoms with E-state index in [1.807, 2.05) is 31.2 Å². The van der Waals surface area contributed by atoms with Crippen molar-refractivity contribution in [2.24, 2.45) is 0 Å². The van der Waals surface area contributed by atoms with E-state index < -0.39 is 35.5 Å². The highest BCUT2D eigenvalue weighted by Gasteiger charge is 2.35. The third-order valence-corrected chi connectivity index (χ3v) is 4.94. The molecule has 0 aromatic heterocycles. The zero-order chi connectivity index (χ0) is 21.6. The lowest BCUT2D eigenvalue weighted by Gasteiger charge is -2.23. The number of nitrogens with one attached hydrogen (secondary N) is 1. The minimum atomic E-state index is -1.08. The van der Waals surface area contributed by atoms with Gasteiger partial charge >= 0.3 is 12.1 Å². The first kappa shape index (κ1) is 22.7. The van der Waals surface area contributed by atoms with Gasteiger partial charge in [0.05, 0.1) is 0 Å². The summed E-state index contributed by atoms with van der Waals surface area (Å²) >= 11 is 1.41. The van der Waals surface area contributed by atoms with Gasteiger partial charge in [0, 0.05) is 24.3 Å². The van der Waals surface area contributed by atoms with Crippen LogP contribution in [0.25, 0.3) is 0 Å². The monoisotopic (exact) mass is 422 g/mol. The van der Waals surface area contributed by atoms with E-state index >= 15 is 0 Å². The summed E-state index contributed by atoms with van der Waals surface area (Å²) in [5.74, 6) is -1.25. The second-order valence-corrected chi connectivity index (χ2v) is 8.72. The fraction of sp³-hybridized carbons (Fsp3) is 0.500. The predicted molar refractivity (Wildman–Crippen MR) is 108 cm³/mol. The van der Waals surface area contributed by atoms with E-state index in [-0.39, 0.29) is 18.6 Å². The number of nitrogens with zero attached hydrogens (tertiary/aromatic N) is 1.